The van der Waals surface area contributed by atoms with Gasteiger partial charge in [-0.05, 0) is 6.07 Å². The van der Waals surface area contributed by atoms with Gasteiger partial charge in [0.1, 0.15) is 11.5 Å². The first-order chi connectivity index (χ1) is 7.59. The average Bonchev–Trinajstić information content (AvgIpc) is 2.84. The Hall–Kier alpha value is -2.25. The fourth-order valence-electron chi connectivity index (χ4n) is 1.23. The Morgan fingerprint density at radius 2 is 2.25 bits per heavy atom. The predicted molar refractivity (Wildman–Crippen MR) is 49.8 cm³/mol. The van der Waals surface area contributed by atoms with E-state index in [2.05, 4.69) is 10.2 Å². The first-order valence-electron chi connectivity index (χ1n) is 4.27. The van der Waals surface area contributed by atoms with E-state index in [0.717, 1.165) is 10.7 Å². The van der Waals surface area contributed by atoms with Crippen LogP contribution in [0, 0.1) is 0 Å². The second-order valence-electron chi connectivity index (χ2n) is 2.93. The molecule has 0 atom stereocenters. The van der Waals surface area contributed by atoms with Gasteiger partial charge in [0.05, 0.1) is 0 Å². The molecular weight excluding hydrogens is 220 g/mol. The smallest absolute Gasteiger partial charge is 0.334 e. The fourth-order valence-corrected chi connectivity index (χ4v) is 1.23. The molecule has 0 saturated carbocycles. The molecule has 2 aromatic rings. The van der Waals surface area contributed by atoms with Crippen molar-refractivity contribution in [3.63, 3.8) is 0 Å². The molecule has 0 radical (unpaired) electrons. The number of hydrogen-bond acceptors (Lipinski definition) is 4. The first kappa shape index (κ1) is 10.3. The molecule has 0 unspecified atom stereocenters. The third kappa shape index (κ3) is 1.64. The van der Waals surface area contributed by atoms with E-state index in [1.165, 1.54) is 18.5 Å². The van der Waals surface area contributed by atoms with Gasteiger partial charge in [-0.15, -0.1) is 5.10 Å². The average molecular weight is 227 g/mol. The normalized spacial score (nSPS) is 10.9. The van der Waals surface area contributed by atoms with Gasteiger partial charge < -0.3 is 5.73 Å². The molecule has 0 bridgehead atoms. The highest BCUT2D eigenvalue weighted by Crippen LogP contribution is 2.16. The topological polar surface area (TPSA) is 78.7 Å². The van der Waals surface area contributed by atoms with Crippen molar-refractivity contribution in [2.24, 2.45) is 0 Å². The van der Waals surface area contributed by atoms with Gasteiger partial charge in [0.15, 0.2) is 0 Å². The molecule has 0 fully saturated rings. The van der Waals surface area contributed by atoms with E-state index in [1.807, 2.05) is 0 Å². The molecule has 0 saturated heterocycles. The quantitative estimate of drug-likeness (QED) is 0.820. The molecule has 84 valence electrons. The maximum absolute atomic E-state index is 12.5. The van der Waals surface area contributed by atoms with E-state index in [1.54, 1.807) is 0 Å². The zero-order chi connectivity index (χ0) is 11.7. The van der Waals surface area contributed by atoms with Crippen LogP contribution in [-0.2, 0) is 0 Å². The van der Waals surface area contributed by atoms with E-state index < -0.39 is 12.5 Å². The van der Waals surface area contributed by atoms with Crippen molar-refractivity contribution in [1.82, 2.24) is 19.6 Å². The van der Waals surface area contributed by atoms with E-state index in [-0.39, 0.29) is 16.2 Å². The largest absolute Gasteiger partial charge is 0.382 e. The second kappa shape index (κ2) is 3.72. The van der Waals surface area contributed by atoms with Crippen molar-refractivity contribution in [2.45, 2.75) is 6.55 Å². The van der Waals surface area contributed by atoms with Crippen molar-refractivity contribution in [3.8, 4) is 0 Å². The number of hydrogen-bond donors (Lipinski definition) is 1. The van der Waals surface area contributed by atoms with Crippen molar-refractivity contribution in [3.05, 3.63) is 30.2 Å². The van der Waals surface area contributed by atoms with Gasteiger partial charge in [-0.25, -0.2) is 4.68 Å². The molecule has 8 heteroatoms. The second-order valence-corrected chi connectivity index (χ2v) is 2.93. The van der Waals surface area contributed by atoms with Crippen molar-refractivity contribution in [2.75, 3.05) is 5.73 Å². The summed E-state index contributed by atoms with van der Waals surface area (Å²) in [7, 11) is 0. The Balaban J connectivity index is 2.44. The van der Waals surface area contributed by atoms with Crippen molar-refractivity contribution >= 4 is 11.7 Å². The molecule has 0 aliphatic carbocycles. The lowest BCUT2D eigenvalue weighted by Gasteiger charge is -2.04. The highest BCUT2D eigenvalue weighted by molar-refractivity contribution is 5.94. The summed E-state index contributed by atoms with van der Waals surface area (Å²) < 4.78 is 26.2. The third-order valence-corrected chi connectivity index (χ3v) is 1.87. The van der Waals surface area contributed by atoms with Gasteiger partial charge in [0.2, 0.25) is 0 Å². The Kier molecular flexibility index (Phi) is 2.39. The zero-order valence-corrected chi connectivity index (χ0v) is 7.92. The summed E-state index contributed by atoms with van der Waals surface area (Å²) in [5.74, 6) is -0.856. The van der Waals surface area contributed by atoms with Gasteiger partial charge in [-0.2, -0.15) is 18.6 Å². The summed E-state index contributed by atoms with van der Waals surface area (Å²) in [4.78, 5) is 11.7. The number of anilines is 1. The predicted octanol–water partition coefficient (Wildman–Crippen LogP) is 0.745. The number of nitrogens with two attached hydrogens (primary N) is 1. The summed E-state index contributed by atoms with van der Waals surface area (Å²) in [6.07, 6.45) is 2.71. The maximum Gasteiger partial charge on any atom is 0.334 e. The minimum Gasteiger partial charge on any atom is -0.382 e. The van der Waals surface area contributed by atoms with Crippen LogP contribution in [0.3, 0.4) is 0 Å². The lowest BCUT2D eigenvalue weighted by Crippen LogP contribution is -2.18. The molecule has 6 nitrogen and oxygen atoms in total. The minimum atomic E-state index is -2.92. The molecule has 0 spiro atoms. The lowest BCUT2D eigenvalue weighted by molar-refractivity contribution is 0.0511. The Morgan fingerprint density at radius 3 is 2.81 bits per heavy atom. The van der Waals surface area contributed by atoms with Crippen LogP contribution in [0.15, 0.2) is 24.5 Å². The van der Waals surface area contributed by atoms with Crippen molar-refractivity contribution in [1.29, 1.82) is 0 Å². The van der Waals surface area contributed by atoms with Gasteiger partial charge >= 0.3 is 6.55 Å². The molecule has 0 aliphatic rings. The number of aromatic nitrogens is 4. The van der Waals surface area contributed by atoms with Crippen LogP contribution in [0.4, 0.5) is 14.6 Å². The molecule has 16 heavy (non-hydrogen) atoms. The van der Waals surface area contributed by atoms with Gasteiger partial charge in [-0.3, -0.25) is 4.79 Å². The number of carbonyl (C=O) groups excluding carboxylic acids is 1. The Bertz CT molecular complexity index is 504. The van der Waals surface area contributed by atoms with Crippen LogP contribution in [0.25, 0.3) is 0 Å². The van der Waals surface area contributed by atoms with Gasteiger partial charge in [0.25, 0.3) is 5.91 Å². The number of nitrogen functional groups attached to an aromatic ring is 1. The fraction of sp³-hybridized carbons (Fsp3) is 0.125. The number of alkyl halides is 2. The highest BCUT2D eigenvalue weighted by atomic mass is 19.3. The summed E-state index contributed by atoms with van der Waals surface area (Å²) in [5, 5.41) is 6.97. The zero-order valence-electron chi connectivity index (χ0n) is 7.92. The maximum atomic E-state index is 12.5. The van der Waals surface area contributed by atoms with E-state index in [4.69, 9.17) is 5.73 Å². The SMILES string of the molecule is Nc1cc(C(=O)n2cccn2)n(C(F)F)n1. The lowest BCUT2D eigenvalue weighted by atomic mass is 10.4. The van der Waals surface area contributed by atoms with Crippen LogP contribution >= 0.6 is 0 Å². The number of nitrogens with zero attached hydrogens (tertiary/aromatic N) is 4. The van der Waals surface area contributed by atoms with Crippen molar-refractivity contribution < 1.29 is 13.6 Å². The minimum absolute atomic E-state index is 0.143. The van der Waals surface area contributed by atoms with Gasteiger partial charge in [-0.1, -0.05) is 0 Å². The molecule has 2 N–H and O–H groups in total. The van der Waals surface area contributed by atoms with E-state index in [0.29, 0.717) is 0 Å². The first-order valence-corrected chi connectivity index (χ1v) is 4.27. The molecular formula is C8H7F2N5O. The standard InChI is InChI=1S/C8H7F2N5O/c9-8(10)15-5(4-6(11)13-15)7(16)14-3-1-2-12-14/h1-4,8H,(H2,11,13). The Morgan fingerprint density at radius 1 is 1.50 bits per heavy atom. The monoisotopic (exact) mass is 227 g/mol. The number of carbonyl (C=O) groups is 1. The molecule has 2 heterocycles. The van der Waals surface area contributed by atoms with Crippen LogP contribution in [0.2, 0.25) is 0 Å². The van der Waals surface area contributed by atoms with Crippen LogP contribution in [0.5, 0.6) is 0 Å². The van der Waals surface area contributed by atoms with Crippen LogP contribution in [-0.4, -0.2) is 25.5 Å². The molecule has 0 aliphatic heterocycles. The Labute approximate surface area is 88.3 Å². The third-order valence-electron chi connectivity index (χ3n) is 1.87. The molecule has 2 aromatic heterocycles. The highest BCUT2D eigenvalue weighted by Gasteiger charge is 2.21. The van der Waals surface area contributed by atoms with Gasteiger partial charge in [0, 0.05) is 18.5 Å². The summed E-state index contributed by atoms with van der Waals surface area (Å²) >= 11 is 0. The molecule has 0 aromatic carbocycles. The van der Waals surface area contributed by atoms with Crippen LogP contribution < -0.4 is 5.73 Å². The molecule has 2 rings (SSSR count). The van der Waals surface area contributed by atoms with E-state index in [9.17, 15) is 13.6 Å². The summed E-state index contributed by atoms with van der Waals surface area (Å²) in [6, 6.07) is 2.58. The number of halogens is 2. The van der Waals surface area contributed by atoms with E-state index >= 15 is 0 Å². The molecule has 0 amide bonds. The van der Waals surface area contributed by atoms with Crippen LogP contribution in [0.1, 0.15) is 17.0 Å². The summed E-state index contributed by atoms with van der Waals surface area (Å²) in [6.45, 7) is -2.92. The number of rotatable bonds is 2. The summed E-state index contributed by atoms with van der Waals surface area (Å²) in [5.41, 5.74) is 4.95.